The third kappa shape index (κ3) is 7.99. The summed E-state index contributed by atoms with van der Waals surface area (Å²) in [5, 5.41) is 0. The van der Waals surface area contributed by atoms with Crippen LogP contribution in [0.2, 0.25) is 0 Å². The molecule has 2 N–H and O–H groups in total. The zero-order valence-corrected chi connectivity index (χ0v) is 18.1. The maximum atomic E-state index is 11.1. The molecule has 1 aliphatic heterocycles. The molecule has 2 aromatic rings. The molecule has 31 heavy (non-hydrogen) atoms. The minimum Gasteiger partial charge on any atom is -0.493 e. The van der Waals surface area contributed by atoms with Gasteiger partial charge in [-0.05, 0) is 37.6 Å². The molecule has 0 amide bonds. The van der Waals surface area contributed by atoms with E-state index < -0.39 is 20.8 Å². The summed E-state index contributed by atoms with van der Waals surface area (Å²) in [4.78, 5) is 2.14. The normalized spacial score (nSPS) is 17.8. The first-order valence-electron chi connectivity index (χ1n) is 9.44. The SMILES string of the molecule is O=S(=O)(O)Oc1cccc(OCC2CCCN(Cc3ccccc3OS(=O)(=O)O)C2)c1. The number of ether oxygens (including phenoxy) is 1. The van der Waals surface area contributed by atoms with Crippen molar-refractivity contribution in [3.05, 3.63) is 54.1 Å². The van der Waals surface area contributed by atoms with E-state index in [4.69, 9.17) is 13.8 Å². The Morgan fingerprint density at radius 2 is 1.65 bits per heavy atom. The molecule has 0 aliphatic carbocycles. The Hall–Kier alpha value is -2.38. The molecule has 3 rings (SSSR count). The van der Waals surface area contributed by atoms with Crippen molar-refractivity contribution in [2.75, 3.05) is 19.7 Å². The van der Waals surface area contributed by atoms with Crippen molar-refractivity contribution in [1.82, 2.24) is 4.90 Å². The summed E-state index contributed by atoms with van der Waals surface area (Å²) < 4.78 is 76.4. The van der Waals surface area contributed by atoms with E-state index >= 15 is 0 Å². The van der Waals surface area contributed by atoms with Gasteiger partial charge in [-0.3, -0.25) is 14.0 Å². The van der Waals surface area contributed by atoms with Crippen molar-refractivity contribution in [3.8, 4) is 17.2 Å². The monoisotopic (exact) mass is 473 g/mol. The van der Waals surface area contributed by atoms with Crippen LogP contribution in [-0.2, 0) is 27.3 Å². The number of benzene rings is 2. The van der Waals surface area contributed by atoms with Crippen LogP contribution in [0.5, 0.6) is 17.2 Å². The Morgan fingerprint density at radius 1 is 0.935 bits per heavy atom. The maximum absolute atomic E-state index is 11.1. The molecular formula is C19H23NO9S2. The largest absolute Gasteiger partial charge is 0.493 e. The number of likely N-dealkylation sites (tertiary alicyclic amines) is 1. The molecule has 1 unspecified atom stereocenters. The zero-order valence-electron chi connectivity index (χ0n) is 16.5. The lowest BCUT2D eigenvalue weighted by atomic mass is 9.98. The molecule has 0 aromatic heterocycles. The van der Waals surface area contributed by atoms with E-state index in [1.165, 1.54) is 18.2 Å². The fourth-order valence-corrected chi connectivity index (χ4v) is 4.19. The Kier molecular flexibility index (Phi) is 7.38. The maximum Gasteiger partial charge on any atom is 0.446 e. The summed E-state index contributed by atoms with van der Waals surface area (Å²) in [6.45, 7) is 2.34. The van der Waals surface area contributed by atoms with Crippen molar-refractivity contribution >= 4 is 20.8 Å². The van der Waals surface area contributed by atoms with Crippen molar-refractivity contribution < 1.29 is 39.0 Å². The summed E-state index contributed by atoms with van der Waals surface area (Å²) in [6, 6.07) is 12.6. The number of hydrogen-bond acceptors (Lipinski definition) is 8. The fourth-order valence-electron chi connectivity index (χ4n) is 3.45. The van der Waals surface area contributed by atoms with Gasteiger partial charge in [-0.1, -0.05) is 24.3 Å². The third-order valence-corrected chi connectivity index (χ3v) is 5.45. The summed E-state index contributed by atoms with van der Waals surface area (Å²) in [5.74, 6) is 0.625. The molecular weight excluding hydrogens is 450 g/mol. The zero-order chi connectivity index (χ0) is 22.5. The molecule has 1 heterocycles. The highest BCUT2D eigenvalue weighted by Gasteiger charge is 2.22. The molecule has 0 spiro atoms. The van der Waals surface area contributed by atoms with Crippen molar-refractivity contribution in [2.45, 2.75) is 19.4 Å². The standard InChI is InChI=1S/C19H23NO9S2/c21-30(22,23)28-18-8-3-7-17(11-18)27-14-15-5-4-10-20(12-15)13-16-6-1-2-9-19(16)29-31(24,25)26/h1-3,6-9,11,15H,4-5,10,12-14H2,(H,21,22,23)(H,24,25,26). The van der Waals surface area contributed by atoms with Crippen LogP contribution in [0.3, 0.4) is 0 Å². The van der Waals surface area contributed by atoms with Gasteiger partial charge in [0, 0.05) is 30.6 Å². The highest BCUT2D eigenvalue weighted by atomic mass is 32.3. The average Bonchev–Trinajstić information content (AvgIpc) is 2.66. The van der Waals surface area contributed by atoms with Gasteiger partial charge in [0.25, 0.3) is 0 Å². The number of rotatable bonds is 9. The molecule has 1 saturated heterocycles. The molecule has 1 fully saturated rings. The number of nitrogens with zero attached hydrogens (tertiary/aromatic N) is 1. The first kappa shape index (κ1) is 23.3. The Balaban J connectivity index is 1.58. The van der Waals surface area contributed by atoms with Crippen LogP contribution in [0.15, 0.2) is 48.5 Å². The van der Waals surface area contributed by atoms with Crippen LogP contribution in [0.25, 0.3) is 0 Å². The summed E-state index contributed by atoms with van der Waals surface area (Å²) >= 11 is 0. The van der Waals surface area contributed by atoms with Crippen LogP contribution in [0.4, 0.5) is 0 Å². The molecule has 0 bridgehead atoms. The van der Waals surface area contributed by atoms with Crippen LogP contribution in [-0.4, -0.2) is 50.5 Å². The predicted octanol–water partition coefficient (Wildman–Crippen LogP) is 2.34. The van der Waals surface area contributed by atoms with Crippen molar-refractivity contribution in [2.24, 2.45) is 5.92 Å². The van der Waals surface area contributed by atoms with Gasteiger partial charge in [0.05, 0.1) is 6.61 Å². The quantitative estimate of drug-likeness (QED) is 0.522. The van der Waals surface area contributed by atoms with E-state index in [0.717, 1.165) is 19.4 Å². The van der Waals surface area contributed by atoms with Gasteiger partial charge in [0.1, 0.15) is 17.2 Å². The topological polar surface area (TPSA) is 140 Å². The Labute approximate surface area is 181 Å². The Morgan fingerprint density at radius 3 is 2.39 bits per heavy atom. The second kappa shape index (κ2) is 9.83. The first-order chi connectivity index (χ1) is 14.6. The predicted molar refractivity (Wildman–Crippen MR) is 111 cm³/mol. The van der Waals surface area contributed by atoms with Gasteiger partial charge < -0.3 is 13.1 Å². The van der Waals surface area contributed by atoms with Crippen LogP contribution in [0.1, 0.15) is 18.4 Å². The lowest BCUT2D eigenvalue weighted by molar-refractivity contribution is 0.124. The number of hydrogen-bond donors (Lipinski definition) is 2. The molecule has 170 valence electrons. The lowest BCUT2D eigenvalue weighted by Gasteiger charge is -2.32. The van der Waals surface area contributed by atoms with Gasteiger partial charge in [-0.25, -0.2) is 0 Å². The van der Waals surface area contributed by atoms with Gasteiger partial charge in [-0.15, -0.1) is 0 Å². The summed E-state index contributed by atoms with van der Waals surface area (Å²) in [6.07, 6.45) is 1.85. The highest BCUT2D eigenvalue weighted by Crippen LogP contribution is 2.26. The third-order valence-electron chi connectivity index (χ3n) is 4.66. The van der Waals surface area contributed by atoms with E-state index in [9.17, 15) is 16.8 Å². The van der Waals surface area contributed by atoms with Gasteiger partial charge in [-0.2, -0.15) is 16.8 Å². The molecule has 1 aliphatic rings. The van der Waals surface area contributed by atoms with Crippen molar-refractivity contribution in [1.29, 1.82) is 0 Å². The second-order valence-corrected chi connectivity index (χ2v) is 9.20. The van der Waals surface area contributed by atoms with Gasteiger partial charge in [0.2, 0.25) is 0 Å². The highest BCUT2D eigenvalue weighted by molar-refractivity contribution is 7.81. The minimum atomic E-state index is -4.61. The molecule has 1 atom stereocenters. The molecule has 0 radical (unpaired) electrons. The van der Waals surface area contributed by atoms with Crippen LogP contribution < -0.4 is 13.1 Å². The smallest absolute Gasteiger partial charge is 0.446 e. The number of piperidine rings is 1. The van der Waals surface area contributed by atoms with E-state index in [2.05, 4.69) is 13.3 Å². The lowest BCUT2D eigenvalue weighted by Crippen LogP contribution is -2.37. The fraction of sp³-hybridized carbons (Fsp3) is 0.368. The second-order valence-electron chi connectivity index (χ2n) is 7.16. The average molecular weight is 474 g/mol. The molecule has 2 aromatic carbocycles. The van der Waals surface area contributed by atoms with E-state index in [-0.39, 0.29) is 17.4 Å². The van der Waals surface area contributed by atoms with Crippen LogP contribution >= 0.6 is 0 Å². The Bertz CT molecular complexity index is 1100. The van der Waals surface area contributed by atoms with Crippen LogP contribution in [0, 0.1) is 5.92 Å². The summed E-state index contributed by atoms with van der Waals surface area (Å²) in [5.41, 5.74) is 0.636. The number of para-hydroxylation sites is 1. The van der Waals surface area contributed by atoms with Crippen molar-refractivity contribution in [3.63, 3.8) is 0 Å². The van der Waals surface area contributed by atoms with E-state index in [1.807, 2.05) is 0 Å². The van der Waals surface area contributed by atoms with Gasteiger partial charge in [0.15, 0.2) is 0 Å². The molecule has 0 saturated carbocycles. The molecule has 12 heteroatoms. The van der Waals surface area contributed by atoms with E-state index in [0.29, 0.717) is 31.0 Å². The van der Waals surface area contributed by atoms with Gasteiger partial charge >= 0.3 is 20.8 Å². The minimum absolute atomic E-state index is 0.0549. The van der Waals surface area contributed by atoms with E-state index in [1.54, 1.807) is 30.3 Å². The molecule has 10 nitrogen and oxygen atoms in total. The first-order valence-corrected chi connectivity index (χ1v) is 12.2. The summed E-state index contributed by atoms with van der Waals surface area (Å²) in [7, 11) is -9.21.